The third kappa shape index (κ3) is 2.92. The summed E-state index contributed by atoms with van der Waals surface area (Å²) in [7, 11) is -3.20. The molecule has 2 bridgehead atoms. The summed E-state index contributed by atoms with van der Waals surface area (Å²) in [5, 5.41) is 3.17. The van der Waals surface area contributed by atoms with Crippen molar-refractivity contribution in [2.45, 2.75) is 44.6 Å². The summed E-state index contributed by atoms with van der Waals surface area (Å²) < 4.78 is 25.8. The fraction of sp³-hybridized carbons (Fsp3) is 0.611. The fourth-order valence-electron chi connectivity index (χ4n) is 4.53. The molecule has 2 saturated carbocycles. The van der Waals surface area contributed by atoms with Gasteiger partial charge in [-0.1, -0.05) is 6.42 Å². The van der Waals surface area contributed by atoms with Crippen LogP contribution in [-0.2, 0) is 10.0 Å². The summed E-state index contributed by atoms with van der Waals surface area (Å²) in [5.41, 5.74) is 1.27. The first-order chi connectivity index (χ1) is 11.5. The summed E-state index contributed by atoms with van der Waals surface area (Å²) in [6.07, 6.45) is 6.53. The van der Waals surface area contributed by atoms with Crippen LogP contribution in [0.5, 0.6) is 0 Å². The zero-order chi connectivity index (χ0) is 16.7. The number of carbonyl (C=O) groups excluding carboxylic acids is 1. The van der Waals surface area contributed by atoms with E-state index in [0.29, 0.717) is 29.8 Å². The molecule has 0 unspecified atom stereocenters. The molecule has 1 N–H and O–H groups in total. The number of benzene rings is 1. The zero-order valence-corrected chi connectivity index (χ0v) is 14.6. The molecule has 2 aliphatic carbocycles. The Morgan fingerprint density at radius 1 is 1.08 bits per heavy atom. The largest absolute Gasteiger partial charge is 0.349 e. The van der Waals surface area contributed by atoms with Gasteiger partial charge in [0.15, 0.2) is 0 Å². The lowest BCUT2D eigenvalue weighted by Crippen LogP contribution is -2.39. The van der Waals surface area contributed by atoms with Gasteiger partial charge < -0.3 is 5.32 Å². The molecule has 3 fully saturated rings. The van der Waals surface area contributed by atoms with Gasteiger partial charge in [0.2, 0.25) is 10.0 Å². The Bertz CT molecular complexity index is 729. The van der Waals surface area contributed by atoms with E-state index in [1.54, 1.807) is 24.3 Å². The minimum absolute atomic E-state index is 0.0411. The summed E-state index contributed by atoms with van der Waals surface area (Å²) in [4.78, 5) is 12.4. The Morgan fingerprint density at radius 2 is 1.88 bits per heavy atom. The van der Waals surface area contributed by atoms with E-state index in [1.165, 1.54) is 23.6 Å². The van der Waals surface area contributed by atoms with Gasteiger partial charge in [-0.05, 0) is 68.2 Å². The maximum atomic E-state index is 12.4. The first-order valence-corrected chi connectivity index (χ1v) is 10.6. The number of sulfonamides is 1. The fourth-order valence-corrected chi connectivity index (χ4v) is 6.17. The molecule has 6 heteroatoms. The van der Waals surface area contributed by atoms with Gasteiger partial charge in [0.25, 0.3) is 5.91 Å². The van der Waals surface area contributed by atoms with E-state index < -0.39 is 10.0 Å². The SMILES string of the molecule is O=C(N[C@@H]1C[C@@H]2CC[C@@H]1C2)c1ccc(N2CCCCS2(=O)=O)cc1. The normalized spacial score (nSPS) is 31.2. The highest BCUT2D eigenvalue weighted by Gasteiger charge is 2.40. The molecule has 1 aromatic carbocycles. The first-order valence-electron chi connectivity index (χ1n) is 8.94. The van der Waals surface area contributed by atoms with Crippen molar-refractivity contribution in [3.63, 3.8) is 0 Å². The maximum Gasteiger partial charge on any atom is 0.251 e. The molecule has 130 valence electrons. The van der Waals surface area contributed by atoms with E-state index in [4.69, 9.17) is 0 Å². The van der Waals surface area contributed by atoms with Crippen LogP contribution in [0, 0.1) is 11.8 Å². The van der Waals surface area contributed by atoms with Crippen LogP contribution in [0.25, 0.3) is 0 Å². The summed E-state index contributed by atoms with van der Waals surface area (Å²) in [6, 6.07) is 7.29. The van der Waals surface area contributed by atoms with Crippen LogP contribution in [0.2, 0.25) is 0 Å². The molecule has 1 heterocycles. The van der Waals surface area contributed by atoms with Crippen LogP contribution in [0.4, 0.5) is 5.69 Å². The van der Waals surface area contributed by atoms with Crippen LogP contribution in [0.15, 0.2) is 24.3 Å². The molecule has 0 spiro atoms. The number of nitrogens with zero attached hydrogens (tertiary/aromatic N) is 1. The third-order valence-electron chi connectivity index (χ3n) is 5.82. The Balaban J connectivity index is 1.44. The summed E-state index contributed by atoms with van der Waals surface area (Å²) >= 11 is 0. The molecule has 0 aromatic heterocycles. The molecule has 5 nitrogen and oxygen atoms in total. The van der Waals surface area contributed by atoms with Crippen molar-refractivity contribution in [1.82, 2.24) is 5.32 Å². The number of carbonyl (C=O) groups is 1. The number of nitrogens with one attached hydrogen (secondary N) is 1. The van der Waals surface area contributed by atoms with E-state index in [2.05, 4.69) is 5.32 Å². The minimum atomic E-state index is -3.20. The molecule has 1 amide bonds. The number of rotatable bonds is 3. The van der Waals surface area contributed by atoms with E-state index in [1.807, 2.05) is 0 Å². The smallest absolute Gasteiger partial charge is 0.251 e. The lowest BCUT2D eigenvalue weighted by molar-refractivity contribution is 0.0923. The van der Waals surface area contributed by atoms with Crippen molar-refractivity contribution in [1.29, 1.82) is 0 Å². The molecular formula is C18H24N2O3S. The van der Waals surface area contributed by atoms with Crippen molar-refractivity contribution in [3.8, 4) is 0 Å². The monoisotopic (exact) mass is 348 g/mol. The van der Waals surface area contributed by atoms with Crippen molar-refractivity contribution in [3.05, 3.63) is 29.8 Å². The van der Waals surface area contributed by atoms with Crippen molar-refractivity contribution < 1.29 is 13.2 Å². The molecule has 24 heavy (non-hydrogen) atoms. The maximum absolute atomic E-state index is 12.4. The quantitative estimate of drug-likeness (QED) is 0.913. The van der Waals surface area contributed by atoms with Gasteiger partial charge in [0.05, 0.1) is 11.4 Å². The average Bonchev–Trinajstić information content (AvgIpc) is 3.17. The van der Waals surface area contributed by atoms with Crippen molar-refractivity contribution in [2.24, 2.45) is 11.8 Å². The van der Waals surface area contributed by atoms with Crippen LogP contribution in [-0.4, -0.2) is 32.7 Å². The first kappa shape index (κ1) is 15.9. The second-order valence-electron chi connectivity index (χ2n) is 7.40. The molecule has 0 radical (unpaired) electrons. The van der Waals surface area contributed by atoms with Gasteiger partial charge in [-0.15, -0.1) is 0 Å². The van der Waals surface area contributed by atoms with E-state index in [9.17, 15) is 13.2 Å². The van der Waals surface area contributed by atoms with Crippen molar-refractivity contribution in [2.75, 3.05) is 16.6 Å². The van der Waals surface area contributed by atoms with Crippen LogP contribution >= 0.6 is 0 Å². The van der Waals surface area contributed by atoms with Gasteiger partial charge in [0, 0.05) is 18.2 Å². The van der Waals surface area contributed by atoms with Crippen molar-refractivity contribution >= 4 is 21.6 Å². The highest BCUT2D eigenvalue weighted by atomic mass is 32.2. The molecule has 3 aliphatic rings. The number of hydrogen-bond donors (Lipinski definition) is 1. The van der Waals surface area contributed by atoms with Gasteiger partial charge in [-0.2, -0.15) is 0 Å². The van der Waals surface area contributed by atoms with E-state index in [0.717, 1.165) is 25.2 Å². The van der Waals surface area contributed by atoms with E-state index in [-0.39, 0.29) is 11.7 Å². The predicted molar refractivity (Wildman–Crippen MR) is 93.5 cm³/mol. The Hall–Kier alpha value is -1.56. The van der Waals surface area contributed by atoms with Gasteiger partial charge in [0.1, 0.15) is 0 Å². The average molecular weight is 348 g/mol. The van der Waals surface area contributed by atoms with Gasteiger partial charge in [-0.25, -0.2) is 8.42 Å². The zero-order valence-electron chi connectivity index (χ0n) is 13.8. The third-order valence-corrected chi connectivity index (χ3v) is 7.69. The molecule has 3 atom stereocenters. The second-order valence-corrected chi connectivity index (χ2v) is 9.41. The predicted octanol–water partition coefficient (Wildman–Crippen LogP) is 2.54. The number of anilines is 1. The molecular weight excluding hydrogens is 324 g/mol. The van der Waals surface area contributed by atoms with Crippen LogP contribution < -0.4 is 9.62 Å². The summed E-state index contributed by atoms with van der Waals surface area (Å²) in [5.74, 6) is 1.61. The molecule has 1 saturated heterocycles. The standard InChI is InChI=1S/C18H24N2O3S/c21-18(19-17-12-13-3-4-15(17)11-13)14-5-7-16(8-6-14)20-9-1-2-10-24(20,22)23/h5-8,13,15,17H,1-4,9-12H2,(H,19,21)/t13-,15-,17-/m1/s1. The van der Waals surface area contributed by atoms with E-state index >= 15 is 0 Å². The lowest BCUT2D eigenvalue weighted by atomic mass is 9.95. The second kappa shape index (κ2) is 6.06. The number of fused-ring (bicyclic) bond motifs is 2. The Morgan fingerprint density at radius 3 is 2.50 bits per heavy atom. The Kier molecular flexibility index (Phi) is 4.03. The lowest BCUT2D eigenvalue weighted by Gasteiger charge is -2.28. The number of amides is 1. The molecule has 4 rings (SSSR count). The highest BCUT2D eigenvalue weighted by molar-refractivity contribution is 7.92. The van der Waals surface area contributed by atoms with Gasteiger partial charge in [-0.3, -0.25) is 9.10 Å². The molecule has 1 aromatic rings. The topological polar surface area (TPSA) is 66.5 Å². The highest BCUT2D eigenvalue weighted by Crippen LogP contribution is 2.44. The van der Waals surface area contributed by atoms with Crippen LogP contribution in [0.1, 0.15) is 48.9 Å². The van der Waals surface area contributed by atoms with Gasteiger partial charge >= 0.3 is 0 Å². The minimum Gasteiger partial charge on any atom is -0.349 e. The van der Waals surface area contributed by atoms with Crippen LogP contribution in [0.3, 0.4) is 0 Å². The number of hydrogen-bond acceptors (Lipinski definition) is 3. The Labute approximate surface area is 143 Å². The molecule has 1 aliphatic heterocycles. The summed E-state index contributed by atoms with van der Waals surface area (Å²) in [6.45, 7) is 0.527.